The number of hydrogen-bond donors (Lipinski definition) is 1. The number of nitrogens with one attached hydrogen (secondary N) is 1. The quantitative estimate of drug-likeness (QED) is 0.764. The van der Waals surface area contributed by atoms with Crippen molar-refractivity contribution >= 4 is 5.82 Å². The van der Waals surface area contributed by atoms with E-state index in [2.05, 4.69) is 35.9 Å². The zero-order valence-electron chi connectivity index (χ0n) is 11.2. The fourth-order valence-corrected chi connectivity index (χ4v) is 1.45. The molecule has 1 aromatic rings. The zero-order valence-corrected chi connectivity index (χ0v) is 11.2. The van der Waals surface area contributed by atoms with Crippen LogP contribution >= 0.6 is 0 Å². The summed E-state index contributed by atoms with van der Waals surface area (Å²) in [6.45, 7) is 11.7. The maximum absolute atomic E-state index is 4.20. The Kier molecular flexibility index (Phi) is 5.10. The summed E-state index contributed by atoms with van der Waals surface area (Å²) in [4.78, 5) is 2.04. The molecular formula is C13H22N4. The second-order valence-electron chi connectivity index (χ2n) is 4.73. The molecule has 94 valence electrons. The summed E-state index contributed by atoms with van der Waals surface area (Å²) in [6.07, 6.45) is 0. The van der Waals surface area contributed by atoms with Crippen LogP contribution in [0.1, 0.15) is 26.5 Å². The van der Waals surface area contributed by atoms with E-state index in [9.17, 15) is 0 Å². The molecule has 0 spiro atoms. The molecule has 1 heterocycles. The molecule has 0 bridgehead atoms. The van der Waals surface area contributed by atoms with E-state index in [0.29, 0.717) is 6.04 Å². The van der Waals surface area contributed by atoms with Gasteiger partial charge < -0.3 is 10.2 Å². The van der Waals surface area contributed by atoms with Gasteiger partial charge in [0.25, 0.3) is 0 Å². The molecule has 17 heavy (non-hydrogen) atoms. The summed E-state index contributed by atoms with van der Waals surface area (Å²) < 4.78 is 0. The van der Waals surface area contributed by atoms with Crippen LogP contribution in [0.2, 0.25) is 0 Å². The molecule has 4 nitrogen and oxygen atoms in total. The molecule has 0 atom stereocenters. The van der Waals surface area contributed by atoms with E-state index in [1.165, 1.54) is 0 Å². The molecule has 0 radical (unpaired) electrons. The van der Waals surface area contributed by atoms with Gasteiger partial charge in [0.05, 0.1) is 5.69 Å². The second kappa shape index (κ2) is 6.35. The maximum atomic E-state index is 4.20. The van der Waals surface area contributed by atoms with E-state index in [1.54, 1.807) is 0 Å². The van der Waals surface area contributed by atoms with Crippen LogP contribution in [0.15, 0.2) is 24.3 Å². The highest BCUT2D eigenvalue weighted by Crippen LogP contribution is 2.08. The van der Waals surface area contributed by atoms with Crippen LogP contribution < -0.4 is 10.2 Å². The normalized spacial score (nSPS) is 10.6. The van der Waals surface area contributed by atoms with Crippen LogP contribution in [-0.2, 0) is 6.54 Å². The number of rotatable bonds is 6. The highest BCUT2D eigenvalue weighted by Gasteiger charge is 2.04. The number of nitrogens with zero attached hydrogens (tertiary/aromatic N) is 3. The SMILES string of the molecule is C=C(C)CN(C)c1ccc(CNC(C)C)nn1. The summed E-state index contributed by atoms with van der Waals surface area (Å²) in [5.74, 6) is 0.876. The first kappa shape index (κ1) is 13.6. The van der Waals surface area contributed by atoms with Crippen LogP contribution in [-0.4, -0.2) is 29.8 Å². The summed E-state index contributed by atoms with van der Waals surface area (Å²) in [7, 11) is 1.99. The van der Waals surface area contributed by atoms with E-state index in [4.69, 9.17) is 0 Å². The first-order chi connectivity index (χ1) is 7.99. The van der Waals surface area contributed by atoms with Crippen molar-refractivity contribution in [3.63, 3.8) is 0 Å². The van der Waals surface area contributed by atoms with E-state index >= 15 is 0 Å². The molecule has 0 fully saturated rings. The van der Waals surface area contributed by atoms with Crippen molar-refractivity contribution in [2.45, 2.75) is 33.4 Å². The molecule has 0 aliphatic rings. The van der Waals surface area contributed by atoms with Crippen LogP contribution in [0.4, 0.5) is 5.82 Å². The Morgan fingerprint density at radius 1 is 1.41 bits per heavy atom. The summed E-state index contributed by atoms with van der Waals surface area (Å²) in [6, 6.07) is 4.46. The maximum Gasteiger partial charge on any atom is 0.151 e. The lowest BCUT2D eigenvalue weighted by molar-refractivity contribution is 0.577. The minimum Gasteiger partial charge on any atom is -0.354 e. The van der Waals surface area contributed by atoms with Gasteiger partial charge in [0.2, 0.25) is 0 Å². The van der Waals surface area contributed by atoms with Crippen molar-refractivity contribution in [1.82, 2.24) is 15.5 Å². The number of hydrogen-bond acceptors (Lipinski definition) is 4. The van der Waals surface area contributed by atoms with Crippen molar-refractivity contribution in [3.05, 3.63) is 30.0 Å². The summed E-state index contributed by atoms with van der Waals surface area (Å²) >= 11 is 0. The Balaban J connectivity index is 2.58. The topological polar surface area (TPSA) is 41.0 Å². The lowest BCUT2D eigenvalue weighted by Gasteiger charge is -2.17. The van der Waals surface area contributed by atoms with E-state index in [1.807, 2.05) is 31.0 Å². The predicted octanol–water partition coefficient (Wildman–Crippen LogP) is 1.99. The molecule has 1 rings (SSSR count). The third kappa shape index (κ3) is 4.95. The van der Waals surface area contributed by atoms with E-state index in [-0.39, 0.29) is 0 Å². The first-order valence-corrected chi connectivity index (χ1v) is 5.90. The zero-order chi connectivity index (χ0) is 12.8. The Hall–Kier alpha value is -1.42. The van der Waals surface area contributed by atoms with Gasteiger partial charge in [0.1, 0.15) is 0 Å². The van der Waals surface area contributed by atoms with Gasteiger partial charge in [-0.15, -0.1) is 5.10 Å². The van der Waals surface area contributed by atoms with Gasteiger partial charge in [0.15, 0.2) is 5.82 Å². The lowest BCUT2D eigenvalue weighted by atomic mass is 10.3. The van der Waals surface area contributed by atoms with Crippen LogP contribution in [0.3, 0.4) is 0 Å². The fraction of sp³-hybridized carbons (Fsp3) is 0.538. The van der Waals surface area contributed by atoms with Gasteiger partial charge in [-0.3, -0.25) is 0 Å². The standard InChI is InChI=1S/C13H22N4/c1-10(2)9-17(5)13-7-6-12(15-16-13)8-14-11(3)4/h6-7,11,14H,1,8-9H2,2-5H3. The molecule has 0 aromatic carbocycles. The third-order valence-electron chi connectivity index (χ3n) is 2.30. The van der Waals surface area contributed by atoms with Crippen molar-refractivity contribution in [2.24, 2.45) is 0 Å². The molecule has 0 saturated heterocycles. The molecule has 1 aromatic heterocycles. The largest absolute Gasteiger partial charge is 0.354 e. The van der Waals surface area contributed by atoms with Gasteiger partial charge in [-0.1, -0.05) is 26.0 Å². The number of anilines is 1. The minimum absolute atomic E-state index is 0.461. The van der Waals surface area contributed by atoms with Crippen LogP contribution in [0.25, 0.3) is 0 Å². The van der Waals surface area contributed by atoms with Crippen molar-refractivity contribution in [2.75, 3.05) is 18.5 Å². The minimum atomic E-state index is 0.461. The van der Waals surface area contributed by atoms with Crippen LogP contribution in [0.5, 0.6) is 0 Å². The van der Waals surface area contributed by atoms with Gasteiger partial charge in [-0.25, -0.2) is 0 Å². The highest BCUT2D eigenvalue weighted by atomic mass is 15.2. The molecule has 0 saturated carbocycles. The van der Waals surface area contributed by atoms with Gasteiger partial charge in [-0.2, -0.15) is 5.10 Å². The molecule has 0 unspecified atom stereocenters. The fourth-order valence-electron chi connectivity index (χ4n) is 1.45. The van der Waals surface area contributed by atoms with Crippen molar-refractivity contribution in [3.8, 4) is 0 Å². The molecule has 0 amide bonds. The van der Waals surface area contributed by atoms with Crippen molar-refractivity contribution < 1.29 is 0 Å². The molecule has 1 N–H and O–H groups in total. The molecule has 0 aliphatic heterocycles. The average Bonchev–Trinajstić information content (AvgIpc) is 2.26. The number of likely N-dealkylation sites (N-methyl/N-ethyl adjacent to an activating group) is 1. The average molecular weight is 234 g/mol. The Labute approximate surface area is 104 Å². The van der Waals surface area contributed by atoms with Gasteiger partial charge in [0, 0.05) is 26.2 Å². The molecule has 4 heteroatoms. The molecule has 0 aliphatic carbocycles. The molecular weight excluding hydrogens is 212 g/mol. The number of aromatic nitrogens is 2. The summed E-state index contributed by atoms with van der Waals surface area (Å²) in [5.41, 5.74) is 2.08. The first-order valence-electron chi connectivity index (χ1n) is 5.90. The smallest absolute Gasteiger partial charge is 0.151 e. The predicted molar refractivity (Wildman–Crippen MR) is 72.1 cm³/mol. The van der Waals surface area contributed by atoms with Gasteiger partial charge >= 0.3 is 0 Å². The Morgan fingerprint density at radius 2 is 2.12 bits per heavy atom. The lowest BCUT2D eigenvalue weighted by Crippen LogP contribution is -2.23. The third-order valence-corrected chi connectivity index (χ3v) is 2.30. The monoisotopic (exact) mass is 234 g/mol. The summed E-state index contributed by atoms with van der Waals surface area (Å²) in [5, 5.41) is 11.7. The van der Waals surface area contributed by atoms with E-state index in [0.717, 1.165) is 30.2 Å². The van der Waals surface area contributed by atoms with Crippen LogP contribution in [0, 0.1) is 0 Å². The Bertz CT molecular complexity index is 356. The van der Waals surface area contributed by atoms with Gasteiger partial charge in [-0.05, 0) is 19.1 Å². The Morgan fingerprint density at radius 3 is 2.59 bits per heavy atom. The highest BCUT2D eigenvalue weighted by molar-refractivity contribution is 5.37. The second-order valence-corrected chi connectivity index (χ2v) is 4.73. The van der Waals surface area contributed by atoms with E-state index < -0.39 is 0 Å². The van der Waals surface area contributed by atoms with Crippen molar-refractivity contribution in [1.29, 1.82) is 0 Å².